The zero-order chi connectivity index (χ0) is 16.9. The predicted octanol–water partition coefficient (Wildman–Crippen LogP) is 1.30. The predicted molar refractivity (Wildman–Crippen MR) is 81.8 cm³/mol. The van der Waals surface area contributed by atoms with Crippen LogP contribution in [0.3, 0.4) is 0 Å². The summed E-state index contributed by atoms with van der Waals surface area (Å²) in [6.07, 6.45) is 2.26. The second-order valence-electron chi connectivity index (χ2n) is 5.49. The highest BCUT2D eigenvalue weighted by Gasteiger charge is 2.46. The third-order valence-electron chi connectivity index (χ3n) is 3.90. The number of Topliss-reactive ketones (excluding diaryl/α,β-unsaturated/α-hetero) is 1. The molecule has 0 aromatic heterocycles. The van der Waals surface area contributed by atoms with Gasteiger partial charge in [-0.1, -0.05) is 13.8 Å². The van der Waals surface area contributed by atoms with Crippen LogP contribution < -0.4 is 5.32 Å². The monoisotopic (exact) mass is 311 g/mol. The number of nitrogens with one attached hydrogen (secondary N) is 1. The first-order valence-electron chi connectivity index (χ1n) is 7.41. The van der Waals surface area contributed by atoms with Gasteiger partial charge in [0.05, 0.1) is 25.3 Å². The van der Waals surface area contributed by atoms with E-state index in [9.17, 15) is 9.59 Å². The number of ether oxygens (including phenoxy) is 2. The first-order valence-corrected chi connectivity index (χ1v) is 7.41. The Kier molecular flexibility index (Phi) is 6.17. The quantitative estimate of drug-likeness (QED) is 0.690. The maximum atomic E-state index is 12.7. The number of allylic oxidation sites excluding steroid dienone is 1. The molecule has 1 aliphatic rings. The Bertz CT molecular complexity index is 509. The van der Waals surface area contributed by atoms with Crippen molar-refractivity contribution in [3.05, 3.63) is 23.1 Å². The van der Waals surface area contributed by atoms with E-state index in [1.54, 1.807) is 26.8 Å². The van der Waals surface area contributed by atoms with Gasteiger partial charge in [-0.05, 0) is 20.3 Å². The number of carbonyl (C=O) groups is 2. The molecule has 0 heterocycles. The van der Waals surface area contributed by atoms with Gasteiger partial charge in [0, 0.05) is 18.2 Å². The lowest BCUT2D eigenvalue weighted by atomic mass is 9.86. The number of esters is 1. The van der Waals surface area contributed by atoms with Gasteiger partial charge in [0.25, 0.3) is 0 Å². The van der Waals surface area contributed by atoms with Crippen LogP contribution in [0.25, 0.3) is 0 Å². The molecule has 0 aromatic rings. The summed E-state index contributed by atoms with van der Waals surface area (Å²) in [7, 11) is 1.47. The van der Waals surface area contributed by atoms with Gasteiger partial charge in [-0.2, -0.15) is 0 Å². The van der Waals surface area contributed by atoms with Gasteiger partial charge in [0.2, 0.25) is 11.4 Å². The Balaban J connectivity index is 3.18. The van der Waals surface area contributed by atoms with Gasteiger partial charge in [0.1, 0.15) is 5.76 Å². The lowest BCUT2D eigenvalue weighted by Gasteiger charge is -2.35. The molecule has 0 bridgehead atoms. The molecule has 22 heavy (non-hydrogen) atoms. The van der Waals surface area contributed by atoms with Crippen molar-refractivity contribution in [3.63, 3.8) is 0 Å². The van der Waals surface area contributed by atoms with E-state index in [0.29, 0.717) is 23.5 Å². The van der Waals surface area contributed by atoms with E-state index in [1.807, 2.05) is 6.92 Å². The van der Waals surface area contributed by atoms with Crippen molar-refractivity contribution in [3.8, 4) is 0 Å². The zero-order valence-electron chi connectivity index (χ0n) is 13.9. The largest absolute Gasteiger partial charge is 0.496 e. The topological polar surface area (TPSA) is 84.9 Å². The summed E-state index contributed by atoms with van der Waals surface area (Å²) in [5.41, 5.74) is -0.621. The highest BCUT2D eigenvalue weighted by Crippen LogP contribution is 2.32. The smallest absolute Gasteiger partial charge is 0.310 e. The third-order valence-corrected chi connectivity index (χ3v) is 3.90. The summed E-state index contributed by atoms with van der Waals surface area (Å²) in [6, 6.07) is 0. The highest BCUT2D eigenvalue weighted by atomic mass is 16.6. The molecule has 0 radical (unpaired) electrons. The molecule has 6 heteroatoms. The average molecular weight is 311 g/mol. The molecule has 0 unspecified atom stereocenters. The normalized spacial score (nSPS) is 23.0. The zero-order valence-corrected chi connectivity index (χ0v) is 13.9. The lowest BCUT2D eigenvalue weighted by molar-refractivity contribution is -0.165. The first kappa shape index (κ1) is 18.2. The van der Waals surface area contributed by atoms with E-state index in [0.717, 1.165) is 0 Å². The van der Waals surface area contributed by atoms with Crippen LogP contribution in [-0.2, 0) is 19.1 Å². The number of methoxy groups -OCH3 is 1. The number of rotatable bonds is 7. The van der Waals surface area contributed by atoms with Crippen molar-refractivity contribution in [2.24, 2.45) is 5.92 Å². The summed E-state index contributed by atoms with van der Waals surface area (Å²) in [5.74, 6) is -0.632. The molecule has 0 spiro atoms. The second kappa shape index (κ2) is 7.45. The molecule has 2 atom stereocenters. The number of aliphatic hydroxyl groups is 1. The van der Waals surface area contributed by atoms with Gasteiger partial charge >= 0.3 is 5.97 Å². The van der Waals surface area contributed by atoms with Gasteiger partial charge in [-0.3, -0.25) is 9.59 Å². The summed E-state index contributed by atoms with van der Waals surface area (Å²) in [4.78, 5) is 24.8. The molecule has 0 aromatic carbocycles. The fraction of sp³-hybridized carbons (Fsp3) is 0.625. The highest BCUT2D eigenvalue weighted by molar-refractivity contribution is 6.06. The summed E-state index contributed by atoms with van der Waals surface area (Å²) < 4.78 is 10.7. The van der Waals surface area contributed by atoms with Crippen molar-refractivity contribution < 1.29 is 24.2 Å². The minimum absolute atomic E-state index is 0.105. The Hall–Kier alpha value is -1.82. The molecule has 6 nitrogen and oxygen atoms in total. The van der Waals surface area contributed by atoms with E-state index < -0.39 is 11.6 Å². The van der Waals surface area contributed by atoms with Crippen LogP contribution in [0.15, 0.2) is 23.1 Å². The van der Waals surface area contributed by atoms with Gasteiger partial charge in [-0.25, -0.2) is 0 Å². The van der Waals surface area contributed by atoms with Crippen LogP contribution in [0.2, 0.25) is 0 Å². The van der Waals surface area contributed by atoms with Crippen LogP contribution in [0.4, 0.5) is 0 Å². The molecule has 2 N–H and O–H groups in total. The summed E-state index contributed by atoms with van der Waals surface area (Å²) in [6.45, 7) is 6.97. The van der Waals surface area contributed by atoms with Crippen LogP contribution in [0, 0.1) is 5.92 Å². The number of hydrogen-bond acceptors (Lipinski definition) is 6. The van der Waals surface area contributed by atoms with Crippen molar-refractivity contribution in [1.82, 2.24) is 5.32 Å². The molecule has 124 valence electrons. The molecular weight excluding hydrogens is 286 g/mol. The van der Waals surface area contributed by atoms with Crippen LogP contribution in [-0.4, -0.2) is 42.7 Å². The maximum absolute atomic E-state index is 12.7. The average Bonchev–Trinajstić information content (AvgIpc) is 2.51. The van der Waals surface area contributed by atoms with E-state index in [1.165, 1.54) is 7.11 Å². The minimum atomic E-state index is -1.43. The van der Waals surface area contributed by atoms with Crippen LogP contribution in [0.1, 0.15) is 34.1 Å². The van der Waals surface area contributed by atoms with E-state index in [4.69, 9.17) is 14.6 Å². The molecular formula is C16H25NO5. The molecule has 0 saturated carbocycles. The molecule has 0 amide bonds. The van der Waals surface area contributed by atoms with Gasteiger partial charge < -0.3 is 19.9 Å². The number of carbonyl (C=O) groups excluding carboxylic acids is 2. The molecule has 1 aliphatic carbocycles. The summed E-state index contributed by atoms with van der Waals surface area (Å²) in [5, 5.41) is 11.9. The fourth-order valence-electron chi connectivity index (χ4n) is 2.16. The van der Waals surface area contributed by atoms with E-state index in [-0.39, 0.29) is 24.9 Å². The van der Waals surface area contributed by atoms with Crippen molar-refractivity contribution in [2.75, 3.05) is 20.3 Å². The Morgan fingerprint density at radius 3 is 2.64 bits per heavy atom. The van der Waals surface area contributed by atoms with Crippen molar-refractivity contribution in [2.45, 2.75) is 39.7 Å². The van der Waals surface area contributed by atoms with E-state index in [2.05, 4.69) is 5.32 Å². The Labute approximate surface area is 131 Å². The third kappa shape index (κ3) is 3.50. The van der Waals surface area contributed by atoms with Crippen molar-refractivity contribution >= 4 is 11.8 Å². The first-order chi connectivity index (χ1) is 10.3. The standard InChI is InChI=1S/C16H25NO5/c1-6-10(2)15(20)22-16(4)13(17-7-8-18)9-12(21-5)11(3)14(16)19/h9-10,17-18H,6-8H2,1-5H3/t10-,16+/m1/s1. The number of aliphatic hydroxyl groups excluding tert-OH is 1. The SMILES string of the molecule is CC[C@@H](C)C(=O)O[C@]1(C)C(=O)C(C)=C(OC)C=C1NCCO. The molecule has 0 saturated heterocycles. The molecule has 0 aliphatic heterocycles. The van der Waals surface area contributed by atoms with Crippen molar-refractivity contribution in [1.29, 1.82) is 0 Å². The second-order valence-corrected chi connectivity index (χ2v) is 5.49. The minimum Gasteiger partial charge on any atom is -0.496 e. The fourth-order valence-corrected chi connectivity index (χ4v) is 2.16. The van der Waals surface area contributed by atoms with Gasteiger partial charge in [0.15, 0.2) is 0 Å². The Morgan fingerprint density at radius 2 is 2.14 bits per heavy atom. The number of ketones is 1. The van der Waals surface area contributed by atoms with E-state index >= 15 is 0 Å². The van der Waals surface area contributed by atoms with Crippen LogP contribution in [0.5, 0.6) is 0 Å². The molecule has 0 fully saturated rings. The maximum Gasteiger partial charge on any atom is 0.310 e. The Morgan fingerprint density at radius 1 is 1.50 bits per heavy atom. The lowest BCUT2D eigenvalue weighted by Crippen LogP contribution is -2.50. The number of hydrogen-bond donors (Lipinski definition) is 2. The van der Waals surface area contributed by atoms with Gasteiger partial charge in [-0.15, -0.1) is 0 Å². The van der Waals surface area contributed by atoms with Crippen LogP contribution >= 0.6 is 0 Å². The molecule has 1 rings (SSSR count). The summed E-state index contributed by atoms with van der Waals surface area (Å²) >= 11 is 0.